The van der Waals surface area contributed by atoms with Gasteiger partial charge in [-0.05, 0) is 24.3 Å². The zero-order chi connectivity index (χ0) is 19.6. The molecule has 140 valence electrons. The topological polar surface area (TPSA) is 110 Å². The van der Waals surface area contributed by atoms with Crippen LogP contribution in [0.1, 0.15) is 0 Å². The third kappa shape index (κ3) is 3.49. The van der Waals surface area contributed by atoms with Gasteiger partial charge < -0.3 is 18.7 Å². The molecule has 1 heterocycles. The van der Waals surface area contributed by atoms with E-state index in [9.17, 15) is 10.1 Å². The van der Waals surface area contributed by atoms with E-state index in [0.717, 1.165) is 0 Å². The molecular formula is C17H14ClN3O6. The monoisotopic (exact) mass is 391 g/mol. The number of nitro groups is 1. The minimum atomic E-state index is -0.581. The highest BCUT2D eigenvalue weighted by atomic mass is 35.5. The molecule has 0 aliphatic carbocycles. The summed E-state index contributed by atoms with van der Waals surface area (Å²) in [5.41, 5.74) is 0.682. The SMILES string of the molecule is COc1cc(-c2noc(-c3ccc(Cl)c([N+](=O)[O-])c3)n2)cc(OC)c1OC. The van der Waals surface area contributed by atoms with Gasteiger partial charge in [-0.15, -0.1) is 0 Å². The molecule has 0 aliphatic rings. The molecule has 0 N–H and O–H groups in total. The van der Waals surface area contributed by atoms with Gasteiger partial charge in [0.2, 0.25) is 11.6 Å². The standard InChI is InChI=1S/C17H14ClN3O6/c1-24-13-7-10(8-14(25-2)15(13)26-3)16-19-17(27-20-16)9-4-5-11(18)12(6-9)21(22)23/h4-8H,1-3H3. The van der Waals surface area contributed by atoms with E-state index < -0.39 is 4.92 Å². The molecule has 0 amide bonds. The largest absolute Gasteiger partial charge is 0.493 e. The third-order valence-corrected chi connectivity index (χ3v) is 4.06. The number of methoxy groups -OCH3 is 3. The zero-order valence-electron chi connectivity index (χ0n) is 14.6. The molecule has 1 aromatic heterocycles. The number of ether oxygens (including phenoxy) is 3. The van der Waals surface area contributed by atoms with E-state index in [1.54, 1.807) is 18.2 Å². The summed E-state index contributed by atoms with van der Waals surface area (Å²) < 4.78 is 21.1. The highest BCUT2D eigenvalue weighted by Crippen LogP contribution is 2.41. The average molecular weight is 392 g/mol. The summed E-state index contributed by atoms with van der Waals surface area (Å²) in [4.78, 5) is 14.8. The molecule has 10 heteroatoms. The van der Waals surface area contributed by atoms with Crippen molar-refractivity contribution in [2.75, 3.05) is 21.3 Å². The van der Waals surface area contributed by atoms with E-state index in [-0.39, 0.29) is 22.4 Å². The maximum Gasteiger partial charge on any atom is 0.288 e. The molecule has 0 fully saturated rings. The van der Waals surface area contributed by atoms with Crippen LogP contribution in [0.5, 0.6) is 17.2 Å². The summed E-state index contributed by atoms with van der Waals surface area (Å²) in [6.45, 7) is 0. The third-order valence-electron chi connectivity index (χ3n) is 3.74. The van der Waals surface area contributed by atoms with Gasteiger partial charge in [-0.3, -0.25) is 10.1 Å². The normalized spacial score (nSPS) is 10.5. The summed E-state index contributed by atoms with van der Waals surface area (Å²) in [7, 11) is 4.49. The molecule has 0 radical (unpaired) electrons. The number of nitrogens with zero attached hydrogens (tertiary/aromatic N) is 3. The zero-order valence-corrected chi connectivity index (χ0v) is 15.3. The fourth-order valence-corrected chi connectivity index (χ4v) is 2.64. The maximum absolute atomic E-state index is 11.0. The van der Waals surface area contributed by atoms with Gasteiger partial charge in [-0.25, -0.2) is 0 Å². The van der Waals surface area contributed by atoms with Crippen LogP contribution in [0.4, 0.5) is 5.69 Å². The Morgan fingerprint density at radius 1 is 1.04 bits per heavy atom. The molecule has 0 spiro atoms. The second-order valence-corrected chi connectivity index (χ2v) is 5.67. The van der Waals surface area contributed by atoms with Crippen LogP contribution in [0, 0.1) is 10.1 Å². The van der Waals surface area contributed by atoms with E-state index >= 15 is 0 Å². The summed E-state index contributed by atoms with van der Waals surface area (Å²) in [6.07, 6.45) is 0. The minimum absolute atomic E-state index is 0.0214. The Labute approximate surface area is 158 Å². The van der Waals surface area contributed by atoms with Crippen molar-refractivity contribution in [2.24, 2.45) is 0 Å². The van der Waals surface area contributed by atoms with Crippen molar-refractivity contribution in [3.05, 3.63) is 45.5 Å². The van der Waals surface area contributed by atoms with Crippen molar-refractivity contribution in [3.63, 3.8) is 0 Å². The van der Waals surface area contributed by atoms with Gasteiger partial charge >= 0.3 is 0 Å². The smallest absolute Gasteiger partial charge is 0.288 e. The Kier molecular flexibility index (Phi) is 5.13. The lowest BCUT2D eigenvalue weighted by molar-refractivity contribution is -0.384. The van der Waals surface area contributed by atoms with E-state index in [4.69, 9.17) is 30.3 Å². The molecule has 0 atom stereocenters. The predicted molar refractivity (Wildman–Crippen MR) is 96.5 cm³/mol. The van der Waals surface area contributed by atoms with Crippen LogP contribution in [0.2, 0.25) is 5.02 Å². The Morgan fingerprint density at radius 3 is 2.26 bits per heavy atom. The van der Waals surface area contributed by atoms with Gasteiger partial charge in [0.05, 0.1) is 26.3 Å². The number of rotatable bonds is 6. The highest BCUT2D eigenvalue weighted by molar-refractivity contribution is 6.32. The fourth-order valence-electron chi connectivity index (χ4n) is 2.45. The van der Waals surface area contributed by atoms with Crippen LogP contribution in [-0.2, 0) is 0 Å². The number of nitro benzene ring substituents is 1. The first-order valence-electron chi connectivity index (χ1n) is 7.57. The molecule has 0 unspecified atom stereocenters. The molecule has 27 heavy (non-hydrogen) atoms. The number of aromatic nitrogens is 2. The van der Waals surface area contributed by atoms with Crippen molar-refractivity contribution in [1.29, 1.82) is 0 Å². The van der Waals surface area contributed by atoms with Crippen molar-refractivity contribution >= 4 is 17.3 Å². The van der Waals surface area contributed by atoms with Crippen molar-refractivity contribution in [3.8, 4) is 40.1 Å². The molecule has 3 rings (SSSR count). The van der Waals surface area contributed by atoms with Crippen LogP contribution in [0.3, 0.4) is 0 Å². The Hall–Kier alpha value is -3.33. The van der Waals surface area contributed by atoms with Crippen LogP contribution in [-0.4, -0.2) is 36.4 Å². The van der Waals surface area contributed by atoms with Crippen LogP contribution < -0.4 is 14.2 Å². The molecular weight excluding hydrogens is 378 g/mol. The lowest BCUT2D eigenvalue weighted by atomic mass is 10.1. The van der Waals surface area contributed by atoms with E-state index in [0.29, 0.717) is 28.4 Å². The van der Waals surface area contributed by atoms with E-state index in [1.165, 1.54) is 33.5 Å². The molecule has 9 nitrogen and oxygen atoms in total. The first kappa shape index (κ1) is 18.5. The van der Waals surface area contributed by atoms with Gasteiger partial charge in [0.25, 0.3) is 11.6 Å². The predicted octanol–water partition coefficient (Wildman–Crippen LogP) is 3.99. The van der Waals surface area contributed by atoms with Crippen molar-refractivity contribution < 1.29 is 23.7 Å². The number of hydrogen-bond acceptors (Lipinski definition) is 8. The van der Waals surface area contributed by atoms with Gasteiger partial charge in [0.1, 0.15) is 5.02 Å². The van der Waals surface area contributed by atoms with E-state index in [1.807, 2.05) is 0 Å². The Bertz CT molecular complexity index is 979. The summed E-state index contributed by atoms with van der Waals surface area (Å²) in [6, 6.07) is 7.57. The number of benzene rings is 2. The first-order valence-corrected chi connectivity index (χ1v) is 7.94. The second kappa shape index (κ2) is 7.50. The van der Waals surface area contributed by atoms with E-state index in [2.05, 4.69) is 10.1 Å². The minimum Gasteiger partial charge on any atom is -0.493 e. The molecule has 0 saturated heterocycles. The number of hydrogen-bond donors (Lipinski definition) is 0. The summed E-state index contributed by atoms with van der Waals surface area (Å²) in [5, 5.41) is 15.0. The van der Waals surface area contributed by atoms with Gasteiger partial charge in [-0.2, -0.15) is 4.98 Å². The van der Waals surface area contributed by atoms with Crippen LogP contribution in [0.25, 0.3) is 22.8 Å². The lowest BCUT2D eigenvalue weighted by Gasteiger charge is -2.12. The number of halogens is 1. The second-order valence-electron chi connectivity index (χ2n) is 5.26. The highest BCUT2D eigenvalue weighted by Gasteiger charge is 2.20. The van der Waals surface area contributed by atoms with Crippen molar-refractivity contribution in [1.82, 2.24) is 10.1 Å². The van der Waals surface area contributed by atoms with Crippen LogP contribution >= 0.6 is 11.6 Å². The quantitative estimate of drug-likeness (QED) is 0.458. The molecule has 0 saturated carbocycles. The molecule has 3 aromatic rings. The average Bonchev–Trinajstić information content (AvgIpc) is 3.17. The molecule has 0 aliphatic heterocycles. The Morgan fingerprint density at radius 2 is 1.70 bits per heavy atom. The van der Waals surface area contributed by atoms with Crippen LogP contribution in [0.15, 0.2) is 34.9 Å². The fraction of sp³-hybridized carbons (Fsp3) is 0.176. The summed E-state index contributed by atoms with van der Waals surface area (Å²) in [5.74, 6) is 1.65. The molecule has 2 aromatic carbocycles. The Balaban J connectivity index is 2.04. The van der Waals surface area contributed by atoms with Gasteiger partial charge in [-0.1, -0.05) is 16.8 Å². The maximum atomic E-state index is 11.0. The van der Waals surface area contributed by atoms with Gasteiger partial charge in [0.15, 0.2) is 11.5 Å². The lowest BCUT2D eigenvalue weighted by Crippen LogP contribution is -1.96. The summed E-state index contributed by atoms with van der Waals surface area (Å²) >= 11 is 5.83. The van der Waals surface area contributed by atoms with Crippen molar-refractivity contribution in [2.45, 2.75) is 0 Å². The molecule has 0 bridgehead atoms. The first-order chi connectivity index (χ1) is 13.0. The van der Waals surface area contributed by atoms with Gasteiger partial charge in [0, 0.05) is 17.2 Å².